The van der Waals surface area contributed by atoms with Crippen LogP contribution in [0.25, 0.3) is 10.3 Å². The quantitative estimate of drug-likeness (QED) is 0.122. The predicted molar refractivity (Wildman–Crippen MR) is 142 cm³/mol. The van der Waals surface area contributed by atoms with Crippen LogP contribution in [-0.2, 0) is 16.2 Å². The summed E-state index contributed by atoms with van der Waals surface area (Å²) < 4.78 is 5.61. The third kappa shape index (κ3) is 6.33. The minimum atomic E-state index is -0.523. The molecule has 11 nitrogen and oxygen atoms in total. The summed E-state index contributed by atoms with van der Waals surface area (Å²) in [4.78, 5) is 48.9. The van der Waals surface area contributed by atoms with Crippen LogP contribution in [0.3, 0.4) is 0 Å². The Kier molecular flexibility index (Phi) is 7.90. The van der Waals surface area contributed by atoms with E-state index in [1.54, 1.807) is 54.9 Å². The van der Waals surface area contributed by atoms with E-state index < -0.39 is 5.91 Å². The maximum absolute atomic E-state index is 13.3. The van der Waals surface area contributed by atoms with Crippen molar-refractivity contribution in [3.63, 3.8) is 0 Å². The van der Waals surface area contributed by atoms with Gasteiger partial charge in [0, 0.05) is 42.0 Å². The van der Waals surface area contributed by atoms with Gasteiger partial charge in [0.1, 0.15) is 17.0 Å². The molecule has 0 atom stereocenters. The number of hydrogen-bond acceptors (Lipinski definition) is 11. The van der Waals surface area contributed by atoms with E-state index in [4.69, 9.17) is 9.57 Å². The molecule has 3 heterocycles. The number of nitrogens with one attached hydrogen (secondary N) is 2. The van der Waals surface area contributed by atoms with Gasteiger partial charge in [-0.1, -0.05) is 40.8 Å². The number of nitrogens with zero attached hydrogens (tertiary/aromatic N) is 5. The number of anilines is 1. The van der Waals surface area contributed by atoms with Gasteiger partial charge in [0.15, 0.2) is 29.1 Å². The molecule has 0 unspecified atom stereocenters. The number of carbonyl (C=O) groups is 2. The highest BCUT2D eigenvalue weighted by molar-refractivity contribution is 7.22. The van der Waals surface area contributed by atoms with E-state index in [1.807, 2.05) is 7.05 Å². The summed E-state index contributed by atoms with van der Waals surface area (Å²) in [6.07, 6.45) is 5.03. The van der Waals surface area contributed by atoms with Gasteiger partial charge in [-0.25, -0.2) is 19.9 Å². The fourth-order valence-electron chi connectivity index (χ4n) is 3.51. The summed E-state index contributed by atoms with van der Waals surface area (Å²) in [5, 5.41) is 10.2. The molecule has 1 aliphatic carbocycles. The van der Waals surface area contributed by atoms with Crippen LogP contribution in [0, 0.1) is 5.92 Å². The number of pyridine rings is 1. The Labute approximate surface area is 222 Å². The summed E-state index contributed by atoms with van der Waals surface area (Å²) in [5.74, 6) is 0.603. The summed E-state index contributed by atoms with van der Waals surface area (Å²) in [6.45, 7) is 1.16. The summed E-state index contributed by atoms with van der Waals surface area (Å²) in [7, 11) is 1.85. The number of ketones is 1. The third-order valence-corrected chi connectivity index (χ3v) is 6.51. The van der Waals surface area contributed by atoms with E-state index in [0.29, 0.717) is 51.5 Å². The Morgan fingerprint density at radius 1 is 1.05 bits per heavy atom. The number of hydrogen-bond donors (Lipinski definition) is 2. The first-order valence-electron chi connectivity index (χ1n) is 12.1. The molecule has 3 aromatic heterocycles. The van der Waals surface area contributed by atoms with Gasteiger partial charge in [0.05, 0.1) is 0 Å². The zero-order valence-electron chi connectivity index (χ0n) is 20.6. The number of fused-ring (bicyclic) bond motifs is 1. The van der Waals surface area contributed by atoms with Crippen LogP contribution in [-0.4, -0.2) is 57.5 Å². The van der Waals surface area contributed by atoms with E-state index in [2.05, 4.69) is 35.7 Å². The van der Waals surface area contributed by atoms with Crippen molar-refractivity contribution in [2.75, 3.05) is 25.5 Å². The fourth-order valence-corrected chi connectivity index (χ4v) is 4.33. The molecule has 38 heavy (non-hydrogen) atoms. The number of Topliss-reactive ketones (excluding diaryl/α,β-unsaturated/α-hetero) is 1. The summed E-state index contributed by atoms with van der Waals surface area (Å²) in [6, 6.07) is 12.0. The molecule has 1 amide bonds. The highest BCUT2D eigenvalue weighted by Crippen LogP contribution is 2.32. The van der Waals surface area contributed by atoms with Crippen molar-refractivity contribution in [1.29, 1.82) is 0 Å². The summed E-state index contributed by atoms with van der Waals surface area (Å²) in [5.41, 5.74) is 1.75. The first kappa shape index (κ1) is 25.4. The van der Waals surface area contributed by atoms with Crippen molar-refractivity contribution in [2.24, 2.45) is 11.1 Å². The predicted octanol–water partition coefficient (Wildman–Crippen LogP) is 3.23. The minimum absolute atomic E-state index is 0.0166. The van der Waals surface area contributed by atoms with Crippen LogP contribution in [0.4, 0.5) is 5.13 Å². The molecule has 0 radical (unpaired) electrons. The van der Waals surface area contributed by atoms with Crippen LogP contribution in [0.1, 0.15) is 34.6 Å². The molecular formula is C26H25N7O4S. The second-order valence-electron chi connectivity index (χ2n) is 8.49. The highest BCUT2D eigenvalue weighted by atomic mass is 32.1. The van der Waals surface area contributed by atoms with Crippen molar-refractivity contribution in [2.45, 2.75) is 19.4 Å². The van der Waals surface area contributed by atoms with Crippen molar-refractivity contribution in [1.82, 2.24) is 25.3 Å². The van der Waals surface area contributed by atoms with Crippen LogP contribution in [0.15, 0.2) is 60.0 Å². The van der Waals surface area contributed by atoms with Crippen molar-refractivity contribution in [3.05, 3.63) is 71.8 Å². The Morgan fingerprint density at radius 2 is 1.82 bits per heavy atom. The topological polar surface area (TPSA) is 141 Å². The lowest BCUT2D eigenvalue weighted by Crippen LogP contribution is -2.24. The van der Waals surface area contributed by atoms with E-state index in [0.717, 1.165) is 12.8 Å². The molecule has 5 rings (SSSR count). The lowest BCUT2D eigenvalue weighted by molar-refractivity contribution is -0.110. The number of benzene rings is 1. The number of likely N-dealkylation sites (N-methyl/N-ethyl adjacent to an activating group) is 1. The number of amides is 1. The molecule has 12 heteroatoms. The van der Waals surface area contributed by atoms with Gasteiger partial charge in [-0.05, 0) is 32.0 Å². The smallest absolute Gasteiger partial charge is 0.280 e. The first-order valence-corrected chi connectivity index (χ1v) is 12.9. The molecule has 194 valence electrons. The van der Waals surface area contributed by atoms with Gasteiger partial charge in [0.2, 0.25) is 5.88 Å². The van der Waals surface area contributed by atoms with Crippen LogP contribution in [0.5, 0.6) is 5.88 Å². The standard InChI is InChI=1S/C26H25N7O4S/c1-27-13-14-36-21-10-9-19-25(31-21)38-26(30-19)32-24(35)22(33-37-15-20-28-11-2-12-29-20)16-3-5-17(6-4-16)23(34)18-7-8-18/h2-6,9-12,18,27H,7-8,13-15H2,1H3,(H,30,32,35)/b33-22+. The lowest BCUT2D eigenvalue weighted by atomic mass is 10.0. The maximum atomic E-state index is 13.3. The van der Waals surface area contributed by atoms with E-state index in [-0.39, 0.29) is 24.0 Å². The Balaban J connectivity index is 1.34. The van der Waals surface area contributed by atoms with E-state index >= 15 is 0 Å². The number of aromatic nitrogens is 4. The van der Waals surface area contributed by atoms with Gasteiger partial charge >= 0.3 is 0 Å². The summed E-state index contributed by atoms with van der Waals surface area (Å²) >= 11 is 1.22. The molecule has 0 aliphatic heterocycles. The minimum Gasteiger partial charge on any atom is -0.476 e. The molecule has 0 bridgehead atoms. The van der Waals surface area contributed by atoms with Gasteiger partial charge in [-0.15, -0.1) is 0 Å². The average molecular weight is 532 g/mol. The molecule has 1 fully saturated rings. The zero-order chi connectivity index (χ0) is 26.3. The SMILES string of the molecule is CNCCOc1ccc2nc(NC(=O)/C(=N/OCc3ncccn3)c3ccc(C(=O)C4CC4)cc3)sc2n1. The molecule has 2 N–H and O–H groups in total. The monoisotopic (exact) mass is 531 g/mol. The average Bonchev–Trinajstić information content (AvgIpc) is 3.71. The second kappa shape index (κ2) is 11.8. The largest absolute Gasteiger partial charge is 0.476 e. The number of oxime groups is 1. The molecule has 0 spiro atoms. The van der Waals surface area contributed by atoms with Gasteiger partial charge in [0.25, 0.3) is 5.91 Å². The molecule has 0 saturated heterocycles. The number of thiazole rings is 1. The number of ether oxygens (including phenoxy) is 1. The van der Waals surface area contributed by atoms with E-state index in [1.165, 1.54) is 11.3 Å². The molecule has 1 aliphatic rings. The lowest BCUT2D eigenvalue weighted by Gasteiger charge is -2.08. The van der Waals surface area contributed by atoms with Crippen LogP contribution in [0.2, 0.25) is 0 Å². The maximum Gasteiger partial charge on any atom is 0.280 e. The molecule has 1 saturated carbocycles. The van der Waals surface area contributed by atoms with Crippen LogP contribution >= 0.6 is 11.3 Å². The Morgan fingerprint density at radius 3 is 2.55 bits per heavy atom. The molecule has 1 aromatic carbocycles. The van der Waals surface area contributed by atoms with Gasteiger partial charge in [-0.2, -0.15) is 0 Å². The van der Waals surface area contributed by atoms with Crippen LogP contribution < -0.4 is 15.4 Å². The normalized spacial score (nSPS) is 13.3. The molecule has 4 aromatic rings. The van der Waals surface area contributed by atoms with Crippen molar-refractivity contribution < 1.29 is 19.2 Å². The van der Waals surface area contributed by atoms with Crippen molar-refractivity contribution in [3.8, 4) is 5.88 Å². The first-order chi connectivity index (χ1) is 18.6. The third-order valence-electron chi connectivity index (χ3n) is 5.63. The Hall–Kier alpha value is -4.29. The fraction of sp³-hybridized carbons (Fsp3) is 0.269. The van der Waals surface area contributed by atoms with E-state index in [9.17, 15) is 9.59 Å². The highest BCUT2D eigenvalue weighted by Gasteiger charge is 2.30. The number of rotatable bonds is 12. The van der Waals surface area contributed by atoms with Gasteiger partial charge < -0.3 is 14.9 Å². The second-order valence-corrected chi connectivity index (χ2v) is 9.47. The molecular weight excluding hydrogens is 506 g/mol. The van der Waals surface area contributed by atoms with Crippen molar-refractivity contribution >= 4 is 44.2 Å². The number of carbonyl (C=O) groups excluding carboxylic acids is 2. The Bertz CT molecular complexity index is 1450. The zero-order valence-corrected chi connectivity index (χ0v) is 21.4. The van der Waals surface area contributed by atoms with Gasteiger partial charge in [-0.3, -0.25) is 14.9 Å².